The van der Waals surface area contributed by atoms with Crippen LogP contribution < -0.4 is 0 Å². The van der Waals surface area contributed by atoms with E-state index in [4.69, 9.17) is 17.7 Å². The number of hydrogen-bond acceptors (Lipinski definition) is 4. The number of rotatable bonds is 0. The van der Waals surface area contributed by atoms with Gasteiger partial charge in [-0.05, 0) is 393 Å². The lowest BCUT2D eigenvalue weighted by Gasteiger charge is -2.46. The summed E-state index contributed by atoms with van der Waals surface area (Å²) in [4.78, 5) is 0. The van der Waals surface area contributed by atoms with E-state index >= 15 is 0 Å². The first-order valence-corrected chi connectivity index (χ1v) is 38.9. The smallest absolute Gasteiger partial charge is 0.136 e. The Kier molecular flexibility index (Phi) is 4.87. The predicted octanol–water partition coefficient (Wildman–Crippen LogP) is 30.3. The Morgan fingerprint density at radius 1 is 0.130 bits per heavy atom. The largest absolute Gasteiger partial charge is 0.456 e. The molecule has 108 heavy (non-hydrogen) atoms. The van der Waals surface area contributed by atoms with Gasteiger partial charge in [0.1, 0.15) is 44.7 Å². The Hall–Kier alpha value is -14.1. The summed E-state index contributed by atoms with van der Waals surface area (Å²) in [5.74, 6) is -0.0351. The Morgan fingerprint density at radius 2 is 0.370 bits per heavy atom. The first-order chi connectivity index (χ1) is 53.7. The highest BCUT2D eigenvalue weighted by molar-refractivity contribution is 6.74. The zero-order valence-corrected chi connectivity index (χ0v) is 55.5. The van der Waals surface area contributed by atoms with Crippen molar-refractivity contribution in [1.82, 2.24) is 0 Å². The van der Waals surface area contributed by atoms with E-state index in [9.17, 15) is 0 Å². The van der Waals surface area contributed by atoms with Crippen molar-refractivity contribution >= 4 is 411 Å². The van der Waals surface area contributed by atoms with Gasteiger partial charge < -0.3 is 17.7 Å². The second-order valence-electron chi connectivity index (χ2n) is 35.8. The lowest BCUT2D eigenvalue weighted by atomic mass is 9.55. The minimum atomic E-state index is -0.0248. The quantitative estimate of drug-likeness (QED) is 0.112. The fraction of sp³-hybridized carbons (Fsp3) is 0.0192. The minimum absolute atomic E-state index is 0.0104. The van der Waals surface area contributed by atoms with Crippen molar-refractivity contribution in [2.24, 2.45) is 0 Å². The van der Waals surface area contributed by atoms with Gasteiger partial charge in [-0.2, -0.15) is 0 Å². The van der Waals surface area contributed by atoms with Gasteiger partial charge in [0.15, 0.2) is 0 Å². The van der Waals surface area contributed by atoms with Crippen molar-refractivity contribution in [3.8, 4) is 0 Å². The van der Waals surface area contributed by atoms with Crippen LogP contribution in [0.2, 0.25) is 0 Å². The summed E-state index contributed by atoms with van der Waals surface area (Å²) in [5, 5.41) is 95.5. The standard InChI is InChI=1S/C104H24O4/c1-3-27-33-17-25-15-23-7-9-29-31-11-14-42-64-55(31)79-77-53(29)47(23)69-49(25)71-57(33)73-59-35(19-43-65(73)51(27)39(5-1)105-43)37-21-45-67-63-41(107-45)13-12-32-30-10-8-24-16-26-18-34-28-4-2-6-40-52(28)66-44(106-40)20-36-38-22-46(108-42)68(64)76-62(38)84-82-60(36)74(66)58(34)72-50(26)70-48(24)54(30)78-80(56(32)63)89-75(67)61(37)83-81(59)87(71)95-85(69)91(77)99-98(90(76)79)94(84)102-96(88(72)82)86(70)92(78)100-97(89)93(83)101(95)103(99)104(100)102/h1-22,89,97H. The summed E-state index contributed by atoms with van der Waals surface area (Å²) in [7, 11) is 0. The second-order valence-corrected chi connectivity index (χ2v) is 35.8. The molecular formula is C104H24O4. The summed E-state index contributed by atoms with van der Waals surface area (Å²) < 4.78 is 30.2. The van der Waals surface area contributed by atoms with Crippen LogP contribution in [0.25, 0.3) is 411 Å². The average molecular weight is 1340 g/mol. The van der Waals surface area contributed by atoms with Gasteiger partial charge in [-0.15, -0.1) is 0 Å². The molecular weight excluding hydrogens is 1310 g/mol. The molecule has 42 rings (SSSR count). The molecule has 0 saturated heterocycles. The van der Waals surface area contributed by atoms with Crippen LogP contribution in [0.4, 0.5) is 0 Å². The van der Waals surface area contributed by atoms with E-state index < -0.39 is 0 Å². The summed E-state index contributed by atoms with van der Waals surface area (Å²) in [6.07, 6.45) is 0. The maximum atomic E-state index is 7.69. The van der Waals surface area contributed by atoms with Crippen LogP contribution in [-0.4, -0.2) is 0 Å². The van der Waals surface area contributed by atoms with Gasteiger partial charge in [0.25, 0.3) is 0 Å². The van der Waals surface area contributed by atoms with Gasteiger partial charge in [-0.25, -0.2) is 0 Å². The van der Waals surface area contributed by atoms with Crippen LogP contribution >= 0.6 is 0 Å². The van der Waals surface area contributed by atoms with E-state index in [1.165, 1.54) is 366 Å². The average Bonchev–Trinajstić information content (AvgIpc) is 0.779. The highest BCUT2D eigenvalue weighted by atomic mass is 16.3. The number of furan rings is 4. The van der Waals surface area contributed by atoms with Crippen molar-refractivity contribution < 1.29 is 17.7 Å². The molecule has 4 aliphatic rings. The summed E-state index contributed by atoms with van der Waals surface area (Å²) >= 11 is 0. The molecule has 0 N–H and O–H groups in total. The van der Waals surface area contributed by atoms with E-state index in [0.29, 0.717) is 0 Å². The molecule has 464 valence electrons. The Labute approximate surface area is 592 Å². The monoisotopic (exact) mass is 1340 g/mol. The van der Waals surface area contributed by atoms with Crippen molar-refractivity contribution in [1.29, 1.82) is 0 Å². The molecule has 4 heteroatoms. The molecule has 38 aromatic rings. The molecule has 4 heterocycles. The van der Waals surface area contributed by atoms with Gasteiger partial charge in [0, 0.05) is 92.6 Å². The highest BCUT2D eigenvalue weighted by Crippen LogP contribution is 2.78. The SMILES string of the molecule is c1cc2oc3cc4c5cc6oc7ccc8c9ccc%10cc%11cc%12c%13cccc%14oc%15cc%16c%17cc%18oc%19ccc%20c%21ccc%22cc%23cc%24c(c1)c2c3c1c4c2c3c4c%25c%26c%27c%28c%29c(c%30c8c7c6c(c53)C%30C4%28)c9c%10c3c%11c4c%12c(c%15c%14%13)c%16c5c6c%17c7c%18c%19c%20c8c9c%21c%22c%10c%23c(c%241)c2c%25c%10c9c%26c(c6c%27c(c%293)c45)c78. The molecule has 0 spiro atoms. The highest BCUT2D eigenvalue weighted by Gasteiger charge is 2.53. The van der Waals surface area contributed by atoms with E-state index in [1.54, 1.807) is 22.1 Å². The summed E-state index contributed by atoms with van der Waals surface area (Å²) in [5.41, 5.74) is 14.1. The van der Waals surface area contributed by atoms with E-state index in [0.717, 1.165) is 44.7 Å². The zero-order chi connectivity index (χ0) is 65.7. The number of hydrogen-bond donors (Lipinski definition) is 0. The topological polar surface area (TPSA) is 52.6 Å². The number of fused-ring (bicyclic) bond motifs is 6. The molecule has 0 fully saturated rings. The molecule has 0 aliphatic heterocycles. The van der Waals surface area contributed by atoms with Gasteiger partial charge in [-0.3, -0.25) is 0 Å². The molecule has 0 bridgehead atoms. The third-order valence-corrected chi connectivity index (χ3v) is 33.2. The van der Waals surface area contributed by atoms with Crippen LogP contribution in [0.5, 0.6) is 0 Å². The fourth-order valence-corrected chi connectivity index (χ4v) is 31.1. The molecule has 4 aliphatic carbocycles. The molecule has 0 radical (unpaired) electrons. The van der Waals surface area contributed by atoms with E-state index in [1.807, 2.05) is 0 Å². The third kappa shape index (κ3) is 3.22. The lowest BCUT2D eigenvalue weighted by molar-refractivity contribution is 0.668. The second kappa shape index (κ2) is 11.8. The van der Waals surface area contributed by atoms with E-state index in [2.05, 4.69) is 133 Å². The third-order valence-electron chi connectivity index (χ3n) is 33.2. The molecule has 4 aromatic heterocycles. The van der Waals surface area contributed by atoms with Crippen molar-refractivity contribution in [3.63, 3.8) is 0 Å². The Bertz CT molecular complexity index is 11600. The molecule has 0 saturated carbocycles. The van der Waals surface area contributed by atoms with Crippen LogP contribution in [0.15, 0.2) is 151 Å². The molecule has 2 unspecified atom stereocenters. The maximum absolute atomic E-state index is 7.69. The number of benzene rings is 34. The van der Waals surface area contributed by atoms with Crippen molar-refractivity contribution in [2.45, 2.75) is 11.8 Å². The van der Waals surface area contributed by atoms with Crippen molar-refractivity contribution in [2.75, 3.05) is 0 Å². The first kappa shape index (κ1) is 44.6. The zero-order valence-electron chi connectivity index (χ0n) is 55.5. The van der Waals surface area contributed by atoms with Gasteiger partial charge in [0.05, 0.1) is 0 Å². The van der Waals surface area contributed by atoms with Gasteiger partial charge in [-0.1, -0.05) is 48.5 Å². The first-order valence-electron chi connectivity index (χ1n) is 38.9. The Morgan fingerprint density at radius 3 is 0.870 bits per heavy atom. The molecule has 0 amide bonds. The van der Waals surface area contributed by atoms with Crippen LogP contribution in [-0.2, 0) is 0 Å². The predicted molar refractivity (Wildman–Crippen MR) is 453 cm³/mol. The minimum Gasteiger partial charge on any atom is -0.456 e. The van der Waals surface area contributed by atoms with Crippen molar-refractivity contribution in [3.05, 3.63) is 156 Å². The fourth-order valence-electron chi connectivity index (χ4n) is 31.1. The van der Waals surface area contributed by atoms with Gasteiger partial charge in [0.2, 0.25) is 0 Å². The van der Waals surface area contributed by atoms with Gasteiger partial charge >= 0.3 is 0 Å². The van der Waals surface area contributed by atoms with E-state index in [-0.39, 0.29) is 11.8 Å². The summed E-state index contributed by atoms with van der Waals surface area (Å²) in [6, 6.07) is 54.3. The normalized spacial score (nSPS) is 17.3. The molecule has 2 atom stereocenters. The summed E-state index contributed by atoms with van der Waals surface area (Å²) in [6.45, 7) is 0. The van der Waals surface area contributed by atoms with Crippen LogP contribution in [0.1, 0.15) is 34.1 Å². The maximum Gasteiger partial charge on any atom is 0.136 e. The molecule has 4 nitrogen and oxygen atoms in total. The lowest BCUT2D eigenvalue weighted by Crippen LogP contribution is -2.26. The molecule has 34 aromatic carbocycles. The van der Waals surface area contributed by atoms with Crippen LogP contribution in [0, 0.1) is 0 Å². The Balaban J connectivity index is 0.940. The van der Waals surface area contributed by atoms with Crippen LogP contribution in [0.3, 0.4) is 0 Å².